The second-order valence-electron chi connectivity index (χ2n) is 8.60. The van der Waals surface area contributed by atoms with Gasteiger partial charge in [-0.1, -0.05) is 0 Å². The molecule has 13 heteroatoms. The number of halogens is 3. The number of hydrogen-bond acceptors (Lipinski definition) is 6. The lowest BCUT2D eigenvalue weighted by molar-refractivity contribution is -0.137. The molecule has 0 aliphatic carbocycles. The zero-order chi connectivity index (χ0) is 25.5. The molecule has 188 valence electrons. The minimum Gasteiger partial charge on any atom is -0.372 e. The minimum atomic E-state index is -4.50. The Labute approximate surface area is 200 Å². The van der Waals surface area contributed by atoms with Crippen molar-refractivity contribution in [2.24, 2.45) is 0 Å². The highest BCUT2D eigenvalue weighted by Crippen LogP contribution is 2.29. The van der Waals surface area contributed by atoms with Gasteiger partial charge in [0.25, 0.3) is 5.91 Å². The maximum atomic E-state index is 13.0. The number of fused-ring (bicyclic) bond motifs is 1. The van der Waals surface area contributed by atoms with Gasteiger partial charge in [0.1, 0.15) is 11.5 Å². The van der Waals surface area contributed by atoms with Crippen molar-refractivity contribution in [3.8, 4) is 5.82 Å². The smallest absolute Gasteiger partial charge is 0.372 e. The molecule has 0 bridgehead atoms. The first-order valence-electron chi connectivity index (χ1n) is 10.7. The zero-order valence-corrected chi connectivity index (χ0v) is 20.0. The standard InChI is InChI=1S/C22H24F3N5O4S/c1-13(2)34-19-12-29(35(3,32)33)11-17(19)28-21(31)16-8-18-14(9-26-16)6-7-30(18)20-5-4-15(10-27-20)22(23,24)25/h4-10,13,17,19H,11-12H2,1-3H3,(H,28,31)/t17-,19-/m1/s1. The first kappa shape index (κ1) is 25.1. The Morgan fingerprint density at radius 1 is 1.17 bits per heavy atom. The Morgan fingerprint density at radius 3 is 2.51 bits per heavy atom. The van der Waals surface area contributed by atoms with E-state index in [0.29, 0.717) is 10.9 Å². The highest BCUT2D eigenvalue weighted by Gasteiger charge is 2.39. The summed E-state index contributed by atoms with van der Waals surface area (Å²) in [6.45, 7) is 3.83. The topological polar surface area (TPSA) is 106 Å². The average Bonchev–Trinajstić information content (AvgIpc) is 3.36. The number of amides is 1. The quantitative estimate of drug-likeness (QED) is 0.546. The maximum Gasteiger partial charge on any atom is 0.417 e. The van der Waals surface area contributed by atoms with E-state index in [9.17, 15) is 26.4 Å². The summed E-state index contributed by atoms with van der Waals surface area (Å²) in [5.41, 5.74) is -0.278. The highest BCUT2D eigenvalue weighted by atomic mass is 32.2. The lowest BCUT2D eigenvalue weighted by Crippen LogP contribution is -2.45. The van der Waals surface area contributed by atoms with Crippen LogP contribution in [0.2, 0.25) is 0 Å². The number of pyridine rings is 2. The molecule has 0 radical (unpaired) electrons. The van der Waals surface area contributed by atoms with Crippen molar-refractivity contribution in [3.05, 3.63) is 54.1 Å². The molecule has 0 saturated carbocycles. The Hall–Kier alpha value is -3.03. The van der Waals surface area contributed by atoms with Crippen LogP contribution < -0.4 is 5.32 Å². The normalized spacial score (nSPS) is 19.5. The van der Waals surface area contributed by atoms with Crippen LogP contribution in [0.5, 0.6) is 0 Å². The van der Waals surface area contributed by atoms with Gasteiger partial charge in [0, 0.05) is 37.1 Å². The van der Waals surface area contributed by atoms with Gasteiger partial charge in [0.15, 0.2) is 0 Å². The van der Waals surface area contributed by atoms with Crippen molar-refractivity contribution in [1.82, 2.24) is 24.2 Å². The van der Waals surface area contributed by atoms with Crippen molar-refractivity contribution in [2.75, 3.05) is 19.3 Å². The van der Waals surface area contributed by atoms with E-state index in [2.05, 4.69) is 15.3 Å². The molecule has 35 heavy (non-hydrogen) atoms. The van der Waals surface area contributed by atoms with Crippen molar-refractivity contribution in [2.45, 2.75) is 38.3 Å². The van der Waals surface area contributed by atoms with E-state index in [1.165, 1.54) is 22.6 Å². The van der Waals surface area contributed by atoms with Gasteiger partial charge in [-0.2, -0.15) is 17.5 Å². The lowest BCUT2D eigenvalue weighted by atomic mass is 10.2. The molecule has 2 atom stereocenters. The number of hydrogen-bond donors (Lipinski definition) is 1. The van der Waals surface area contributed by atoms with Crippen LogP contribution in [0, 0.1) is 0 Å². The molecule has 4 rings (SSSR count). The van der Waals surface area contributed by atoms with Crippen molar-refractivity contribution < 1.29 is 31.1 Å². The van der Waals surface area contributed by atoms with Crippen molar-refractivity contribution in [3.63, 3.8) is 0 Å². The summed E-state index contributed by atoms with van der Waals surface area (Å²) in [5, 5.41) is 3.47. The van der Waals surface area contributed by atoms with E-state index in [1.807, 2.05) is 13.8 Å². The molecule has 0 spiro atoms. The zero-order valence-electron chi connectivity index (χ0n) is 19.2. The predicted octanol–water partition coefficient (Wildman–Crippen LogP) is 2.61. The number of nitrogens with zero attached hydrogens (tertiary/aromatic N) is 4. The summed E-state index contributed by atoms with van der Waals surface area (Å²) in [5.74, 6) is -0.284. The monoisotopic (exact) mass is 511 g/mol. The molecular formula is C22H24F3N5O4S. The molecule has 1 aliphatic rings. The number of carbonyl (C=O) groups is 1. The van der Waals surface area contributed by atoms with Crippen LogP contribution in [0.4, 0.5) is 13.2 Å². The Morgan fingerprint density at radius 2 is 1.91 bits per heavy atom. The number of sulfonamides is 1. The average molecular weight is 512 g/mol. The van der Waals surface area contributed by atoms with Gasteiger partial charge in [0.2, 0.25) is 10.0 Å². The molecule has 0 unspecified atom stereocenters. The maximum absolute atomic E-state index is 13.0. The molecular weight excluding hydrogens is 487 g/mol. The number of rotatable bonds is 6. The molecule has 1 saturated heterocycles. The predicted molar refractivity (Wildman–Crippen MR) is 122 cm³/mol. The van der Waals surface area contributed by atoms with Crippen LogP contribution >= 0.6 is 0 Å². The second-order valence-corrected chi connectivity index (χ2v) is 10.6. The minimum absolute atomic E-state index is 0.0606. The Balaban J connectivity index is 1.59. The van der Waals surface area contributed by atoms with E-state index < -0.39 is 39.8 Å². The van der Waals surface area contributed by atoms with Gasteiger partial charge in [-0.15, -0.1) is 0 Å². The molecule has 1 amide bonds. The molecule has 3 aromatic heterocycles. The second kappa shape index (κ2) is 9.21. The Bertz CT molecular complexity index is 1340. The van der Waals surface area contributed by atoms with E-state index in [1.54, 1.807) is 16.8 Å². The van der Waals surface area contributed by atoms with Gasteiger partial charge in [0.05, 0.1) is 35.6 Å². The van der Waals surface area contributed by atoms with E-state index in [0.717, 1.165) is 18.5 Å². The first-order chi connectivity index (χ1) is 16.3. The third-order valence-corrected chi connectivity index (χ3v) is 6.83. The fraction of sp³-hybridized carbons (Fsp3) is 0.409. The van der Waals surface area contributed by atoms with Gasteiger partial charge < -0.3 is 14.6 Å². The number of alkyl halides is 3. The highest BCUT2D eigenvalue weighted by molar-refractivity contribution is 7.88. The summed E-state index contributed by atoms with van der Waals surface area (Å²) in [4.78, 5) is 21.1. The fourth-order valence-electron chi connectivity index (χ4n) is 3.93. The molecule has 1 aliphatic heterocycles. The largest absolute Gasteiger partial charge is 0.417 e. The van der Waals surface area contributed by atoms with Gasteiger partial charge in [-0.25, -0.2) is 13.4 Å². The van der Waals surface area contributed by atoms with E-state index in [-0.39, 0.29) is 30.7 Å². The van der Waals surface area contributed by atoms with Crippen LogP contribution in [0.3, 0.4) is 0 Å². The van der Waals surface area contributed by atoms with Crippen LogP contribution in [-0.2, 0) is 20.9 Å². The van der Waals surface area contributed by atoms with E-state index >= 15 is 0 Å². The van der Waals surface area contributed by atoms with Gasteiger partial charge in [-0.3, -0.25) is 9.78 Å². The summed E-state index contributed by atoms with van der Waals surface area (Å²) < 4.78 is 71.2. The third kappa shape index (κ3) is 5.46. The molecule has 4 heterocycles. The summed E-state index contributed by atoms with van der Waals surface area (Å²) in [6, 6.07) is 4.81. The molecule has 9 nitrogen and oxygen atoms in total. The first-order valence-corrected chi connectivity index (χ1v) is 12.6. The van der Waals surface area contributed by atoms with Crippen LogP contribution in [0.25, 0.3) is 16.7 Å². The summed E-state index contributed by atoms with van der Waals surface area (Å²) >= 11 is 0. The van der Waals surface area contributed by atoms with E-state index in [4.69, 9.17) is 4.74 Å². The number of aromatic nitrogens is 3. The number of ether oxygens (including phenoxy) is 1. The van der Waals surface area contributed by atoms with Crippen LogP contribution in [0.15, 0.2) is 42.9 Å². The fourth-order valence-corrected chi connectivity index (χ4v) is 4.78. The third-order valence-electron chi connectivity index (χ3n) is 5.59. The van der Waals surface area contributed by atoms with Crippen molar-refractivity contribution >= 4 is 26.8 Å². The molecule has 1 fully saturated rings. The number of nitrogens with one attached hydrogen (secondary N) is 1. The van der Waals surface area contributed by atoms with Crippen molar-refractivity contribution in [1.29, 1.82) is 0 Å². The lowest BCUT2D eigenvalue weighted by Gasteiger charge is -2.22. The Kier molecular flexibility index (Phi) is 6.60. The van der Waals surface area contributed by atoms with Gasteiger partial charge in [-0.05, 0) is 38.1 Å². The van der Waals surface area contributed by atoms with Crippen LogP contribution in [-0.4, -0.2) is 70.8 Å². The summed E-state index contributed by atoms with van der Waals surface area (Å²) in [6.07, 6.45) is -0.253. The van der Waals surface area contributed by atoms with Crippen LogP contribution in [0.1, 0.15) is 29.9 Å². The molecule has 0 aromatic carbocycles. The SMILES string of the molecule is CC(C)O[C@@H]1CN(S(C)(=O)=O)C[C@H]1NC(=O)c1cc2c(ccn2-c2ccc(C(F)(F)F)cn2)cn1. The molecule has 3 aromatic rings. The molecule has 1 N–H and O–H groups in total. The summed E-state index contributed by atoms with van der Waals surface area (Å²) in [7, 11) is -3.47. The number of carbonyl (C=O) groups excluding carboxylic acids is 1. The van der Waals surface area contributed by atoms with Gasteiger partial charge >= 0.3 is 6.18 Å².